The van der Waals surface area contributed by atoms with Crippen LogP contribution in [0.25, 0.3) is 10.9 Å². The van der Waals surface area contributed by atoms with Crippen LogP contribution < -0.4 is 9.46 Å². The molecule has 2 N–H and O–H groups in total. The number of nitro benzene ring substituents is 1. The number of sulfonamides is 1. The Morgan fingerprint density at radius 3 is 2.59 bits per heavy atom. The number of nitrogens with one attached hydrogen (secondary N) is 2. The third-order valence-electron chi connectivity index (χ3n) is 4.78. The van der Waals surface area contributed by atoms with Crippen molar-refractivity contribution < 1.29 is 18.1 Å². The lowest BCUT2D eigenvalue weighted by atomic mass is 10.1. The number of ether oxygens (including phenoxy) is 1. The monoisotopic (exact) mass is 387 g/mol. The SMILES string of the molecule is COc1ccc2[nH]c3c(c2c1)CC(NS(=O)(=O)c1ccc([N+](=O)[O-])cc1)C3. The molecule has 9 heteroatoms. The normalized spacial score (nSPS) is 16.4. The molecule has 0 saturated carbocycles. The molecule has 3 aromatic rings. The zero-order valence-corrected chi connectivity index (χ0v) is 15.2. The van der Waals surface area contributed by atoms with Crippen molar-refractivity contribution in [1.82, 2.24) is 9.71 Å². The van der Waals surface area contributed by atoms with Crippen LogP contribution in [-0.4, -0.2) is 31.5 Å². The van der Waals surface area contributed by atoms with Crippen LogP contribution in [-0.2, 0) is 22.9 Å². The van der Waals surface area contributed by atoms with E-state index >= 15 is 0 Å². The van der Waals surface area contributed by atoms with Gasteiger partial charge in [-0.1, -0.05) is 0 Å². The van der Waals surface area contributed by atoms with Gasteiger partial charge in [-0.05, 0) is 42.3 Å². The molecule has 0 amide bonds. The molecule has 2 aromatic carbocycles. The molecule has 8 nitrogen and oxygen atoms in total. The number of nitro groups is 1. The molecule has 0 fully saturated rings. The number of rotatable bonds is 5. The lowest BCUT2D eigenvalue weighted by Crippen LogP contribution is -2.35. The average molecular weight is 387 g/mol. The largest absolute Gasteiger partial charge is 0.497 e. The summed E-state index contributed by atoms with van der Waals surface area (Å²) in [4.78, 5) is 13.5. The minimum Gasteiger partial charge on any atom is -0.497 e. The van der Waals surface area contributed by atoms with E-state index < -0.39 is 14.9 Å². The van der Waals surface area contributed by atoms with Gasteiger partial charge in [0.05, 0.1) is 16.9 Å². The summed E-state index contributed by atoms with van der Waals surface area (Å²) in [5.74, 6) is 0.749. The van der Waals surface area contributed by atoms with E-state index in [0.717, 1.165) is 27.9 Å². The van der Waals surface area contributed by atoms with Crippen LogP contribution in [0.3, 0.4) is 0 Å². The Balaban J connectivity index is 1.55. The van der Waals surface area contributed by atoms with Gasteiger partial charge in [-0.15, -0.1) is 0 Å². The van der Waals surface area contributed by atoms with Crippen molar-refractivity contribution in [3.8, 4) is 5.75 Å². The second-order valence-electron chi connectivity index (χ2n) is 6.47. The molecule has 0 aliphatic heterocycles. The van der Waals surface area contributed by atoms with Crippen LogP contribution >= 0.6 is 0 Å². The van der Waals surface area contributed by atoms with Gasteiger partial charge in [-0.25, -0.2) is 13.1 Å². The van der Waals surface area contributed by atoms with Crippen molar-refractivity contribution in [2.45, 2.75) is 23.8 Å². The van der Waals surface area contributed by atoms with Gasteiger partial charge in [0, 0.05) is 41.2 Å². The molecule has 1 aliphatic rings. The molecule has 1 aromatic heterocycles. The molecular formula is C18H17N3O5S. The van der Waals surface area contributed by atoms with Gasteiger partial charge < -0.3 is 9.72 Å². The second-order valence-corrected chi connectivity index (χ2v) is 8.19. The number of fused-ring (bicyclic) bond motifs is 3. The molecule has 1 atom stereocenters. The number of methoxy groups -OCH3 is 1. The standard InChI is InChI=1S/C18H17N3O5S/c1-26-13-4-7-17-16(10-13)15-8-11(9-18(15)19-17)20-27(24,25)14-5-2-12(3-6-14)21(22)23/h2-7,10-11,19-20H,8-9H2,1H3. The quantitative estimate of drug-likeness (QED) is 0.516. The molecule has 1 aliphatic carbocycles. The van der Waals surface area contributed by atoms with E-state index in [9.17, 15) is 18.5 Å². The molecule has 27 heavy (non-hydrogen) atoms. The van der Waals surface area contributed by atoms with Gasteiger partial charge >= 0.3 is 0 Å². The minimum absolute atomic E-state index is 0.00943. The van der Waals surface area contributed by atoms with Crippen molar-refractivity contribution in [2.75, 3.05) is 7.11 Å². The zero-order valence-electron chi connectivity index (χ0n) is 14.4. The predicted octanol–water partition coefficient (Wildman–Crippen LogP) is 2.53. The number of aromatic amines is 1. The first kappa shape index (κ1) is 17.5. The predicted molar refractivity (Wildman–Crippen MR) is 99.5 cm³/mol. The van der Waals surface area contributed by atoms with E-state index in [2.05, 4.69) is 9.71 Å². The Morgan fingerprint density at radius 2 is 1.93 bits per heavy atom. The van der Waals surface area contributed by atoms with Gasteiger partial charge in [-0.2, -0.15) is 0 Å². The highest BCUT2D eigenvalue weighted by molar-refractivity contribution is 7.89. The third-order valence-corrected chi connectivity index (χ3v) is 6.32. The molecule has 0 spiro atoms. The van der Waals surface area contributed by atoms with Crippen LogP contribution in [0.1, 0.15) is 11.3 Å². The van der Waals surface area contributed by atoms with Crippen molar-refractivity contribution in [1.29, 1.82) is 0 Å². The van der Waals surface area contributed by atoms with E-state index in [4.69, 9.17) is 4.74 Å². The minimum atomic E-state index is -3.76. The number of hydrogen-bond acceptors (Lipinski definition) is 5. The van der Waals surface area contributed by atoms with Gasteiger partial charge in [-0.3, -0.25) is 10.1 Å². The van der Waals surface area contributed by atoms with E-state index in [-0.39, 0.29) is 16.6 Å². The molecule has 4 rings (SSSR count). The zero-order chi connectivity index (χ0) is 19.2. The number of non-ortho nitro benzene ring substituents is 1. The van der Waals surface area contributed by atoms with Gasteiger partial charge in [0.25, 0.3) is 5.69 Å². The summed E-state index contributed by atoms with van der Waals surface area (Å²) in [6, 6.07) is 10.4. The van der Waals surface area contributed by atoms with Crippen molar-refractivity contribution in [3.05, 3.63) is 63.8 Å². The summed E-state index contributed by atoms with van der Waals surface area (Å²) in [6.07, 6.45) is 1.12. The fourth-order valence-corrected chi connectivity index (χ4v) is 4.74. The molecule has 140 valence electrons. The van der Waals surface area contributed by atoms with E-state index in [1.165, 1.54) is 24.3 Å². The Bertz CT molecular complexity index is 1140. The Kier molecular flexibility index (Phi) is 4.12. The Labute approximate surface area is 155 Å². The molecule has 1 heterocycles. The topological polar surface area (TPSA) is 114 Å². The molecular weight excluding hydrogens is 370 g/mol. The van der Waals surface area contributed by atoms with Gasteiger partial charge in [0.2, 0.25) is 10.0 Å². The first-order valence-corrected chi connectivity index (χ1v) is 9.80. The summed E-state index contributed by atoms with van der Waals surface area (Å²) in [7, 11) is -2.15. The lowest BCUT2D eigenvalue weighted by molar-refractivity contribution is -0.384. The van der Waals surface area contributed by atoms with Crippen molar-refractivity contribution in [2.24, 2.45) is 0 Å². The maximum Gasteiger partial charge on any atom is 0.269 e. The highest BCUT2D eigenvalue weighted by Crippen LogP contribution is 2.33. The highest BCUT2D eigenvalue weighted by Gasteiger charge is 2.29. The maximum atomic E-state index is 12.6. The van der Waals surface area contributed by atoms with Gasteiger partial charge in [0.1, 0.15) is 5.75 Å². The lowest BCUT2D eigenvalue weighted by Gasteiger charge is -2.13. The number of H-pyrrole nitrogens is 1. The average Bonchev–Trinajstić information content (AvgIpc) is 3.17. The Hall–Kier alpha value is -2.91. The van der Waals surface area contributed by atoms with Crippen LogP contribution in [0.5, 0.6) is 5.75 Å². The van der Waals surface area contributed by atoms with E-state index in [0.29, 0.717) is 12.8 Å². The first-order valence-electron chi connectivity index (χ1n) is 8.31. The van der Waals surface area contributed by atoms with Crippen LogP contribution in [0.15, 0.2) is 47.4 Å². The molecule has 0 bridgehead atoms. The fourth-order valence-electron chi connectivity index (χ4n) is 3.50. The molecule has 0 radical (unpaired) electrons. The molecule has 0 saturated heterocycles. The summed E-state index contributed by atoms with van der Waals surface area (Å²) >= 11 is 0. The smallest absolute Gasteiger partial charge is 0.269 e. The highest BCUT2D eigenvalue weighted by atomic mass is 32.2. The Morgan fingerprint density at radius 1 is 1.19 bits per heavy atom. The van der Waals surface area contributed by atoms with Crippen LogP contribution in [0.2, 0.25) is 0 Å². The first-order chi connectivity index (χ1) is 12.9. The van der Waals surface area contributed by atoms with Crippen molar-refractivity contribution in [3.63, 3.8) is 0 Å². The van der Waals surface area contributed by atoms with Crippen molar-refractivity contribution >= 4 is 26.6 Å². The van der Waals surface area contributed by atoms with E-state index in [1.54, 1.807) is 7.11 Å². The van der Waals surface area contributed by atoms with E-state index in [1.807, 2.05) is 18.2 Å². The number of benzene rings is 2. The second kappa shape index (κ2) is 6.36. The summed E-state index contributed by atoms with van der Waals surface area (Å²) in [5, 5.41) is 11.7. The third kappa shape index (κ3) is 3.15. The number of aromatic nitrogens is 1. The van der Waals surface area contributed by atoms with Crippen LogP contribution in [0, 0.1) is 10.1 Å². The summed E-state index contributed by atoms with van der Waals surface area (Å²) < 4.78 is 33.2. The van der Waals surface area contributed by atoms with Crippen LogP contribution in [0.4, 0.5) is 5.69 Å². The fraction of sp³-hybridized carbons (Fsp3) is 0.222. The molecule has 1 unspecified atom stereocenters. The summed E-state index contributed by atoms with van der Waals surface area (Å²) in [6.45, 7) is 0. The van der Waals surface area contributed by atoms with Gasteiger partial charge in [0.15, 0.2) is 0 Å². The number of hydrogen-bond donors (Lipinski definition) is 2. The number of nitrogens with zero attached hydrogens (tertiary/aromatic N) is 1. The maximum absolute atomic E-state index is 12.6. The summed E-state index contributed by atoms with van der Waals surface area (Å²) in [5.41, 5.74) is 2.94.